The first-order valence-corrected chi connectivity index (χ1v) is 9.46. The number of rotatable bonds is 7. The van der Waals surface area contributed by atoms with Gasteiger partial charge in [0.05, 0.1) is 13.7 Å². The van der Waals surface area contributed by atoms with Gasteiger partial charge in [0.25, 0.3) is 0 Å². The number of ether oxygens (including phenoxy) is 2. The molecule has 2 aromatic rings. The fourth-order valence-corrected chi connectivity index (χ4v) is 3.29. The van der Waals surface area contributed by atoms with E-state index >= 15 is 0 Å². The number of thiophene rings is 1. The SMILES string of the molecule is COC(=O)c1sc2ccc(NC(=O)NCC(C)C)cc2c1OCC(C)C. The molecule has 1 aromatic carbocycles. The first-order chi connectivity index (χ1) is 12.3. The van der Waals surface area contributed by atoms with Crippen LogP contribution in [0, 0.1) is 11.8 Å². The van der Waals surface area contributed by atoms with Crippen molar-refractivity contribution in [3.05, 3.63) is 23.1 Å². The van der Waals surface area contributed by atoms with Gasteiger partial charge in [-0.15, -0.1) is 11.3 Å². The van der Waals surface area contributed by atoms with Gasteiger partial charge < -0.3 is 20.1 Å². The fraction of sp³-hybridized carbons (Fsp3) is 0.474. The minimum Gasteiger partial charge on any atom is -0.491 e. The zero-order valence-electron chi connectivity index (χ0n) is 15.8. The van der Waals surface area contributed by atoms with Gasteiger partial charge in [0.1, 0.15) is 0 Å². The Morgan fingerprint density at radius 3 is 2.50 bits per heavy atom. The second-order valence-corrected chi connectivity index (χ2v) is 7.95. The van der Waals surface area contributed by atoms with Crippen molar-refractivity contribution in [1.29, 1.82) is 0 Å². The molecule has 1 aromatic heterocycles. The molecule has 142 valence electrons. The smallest absolute Gasteiger partial charge is 0.351 e. The quantitative estimate of drug-likeness (QED) is 0.696. The Bertz CT molecular complexity index is 783. The third-order valence-electron chi connectivity index (χ3n) is 3.50. The lowest BCUT2D eigenvalue weighted by Gasteiger charge is -2.11. The van der Waals surface area contributed by atoms with Gasteiger partial charge >= 0.3 is 12.0 Å². The van der Waals surface area contributed by atoms with Gasteiger partial charge in [0.15, 0.2) is 10.6 Å². The van der Waals surface area contributed by atoms with E-state index in [2.05, 4.69) is 10.6 Å². The summed E-state index contributed by atoms with van der Waals surface area (Å²) in [6, 6.07) is 5.24. The molecule has 0 saturated heterocycles. The van der Waals surface area contributed by atoms with Crippen LogP contribution in [0.2, 0.25) is 0 Å². The number of fused-ring (bicyclic) bond motifs is 1. The van der Waals surface area contributed by atoms with Gasteiger partial charge in [-0.25, -0.2) is 9.59 Å². The first kappa shape index (κ1) is 20.0. The summed E-state index contributed by atoms with van der Waals surface area (Å²) in [5, 5.41) is 6.42. The number of esters is 1. The van der Waals surface area contributed by atoms with Crippen LogP contribution in [0.5, 0.6) is 5.75 Å². The summed E-state index contributed by atoms with van der Waals surface area (Å²) in [6.07, 6.45) is 0. The van der Waals surface area contributed by atoms with E-state index < -0.39 is 5.97 Å². The molecule has 1 heterocycles. The van der Waals surface area contributed by atoms with Crippen molar-refractivity contribution in [1.82, 2.24) is 5.32 Å². The molecule has 0 unspecified atom stereocenters. The van der Waals surface area contributed by atoms with Crippen LogP contribution in [-0.4, -0.2) is 32.3 Å². The number of benzene rings is 1. The van der Waals surface area contributed by atoms with Crippen LogP contribution in [0.15, 0.2) is 18.2 Å². The predicted molar refractivity (Wildman–Crippen MR) is 105 cm³/mol. The third-order valence-corrected chi connectivity index (χ3v) is 4.64. The lowest BCUT2D eigenvalue weighted by Crippen LogP contribution is -2.31. The highest BCUT2D eigenvalue weighted by Gasteiger charge is 2.21. The minimum atomic E-state index is -0.422. The number of amides is 2. The average molecular weight is 378 g/mol. The highest BCUT2D eigenvalue weighted by atomic mass is 32.1. The summed E-state index contributed by atoms with van der Waals surface area (Å²) < 4.78 is 11.7. The fourth-order valence-electron chi connectivity index (χ4n) is 2.25. The number of anilines is 1. The predicted octanol–water partition coefficient (Wildman–Crippen LogP) is 4.50. The van der Waals surface area contributed by atoms with Crippen molar-refractivity contribution in [2.75, 3.05) is 25.6 Å². The van der Waals surface area contributed by atoms with Gasteiger partial charge in [-0.1, -0.05) is 27.7 Å². The van der Waals surface area contributed by atoms with Crippen molar-refractivity contribution in [2.24, 2.45) is 11.8 Å². The molecule has 0 fully saturated rings. The van der Waals surface area contributed by atoms with E-state index in [1.807, 2.05) is 39.8 Å². The van der Waals surface area contributed by atoms with Crippen LogP contribution < -0.4 is 15.4 Å². The summed E-state index contributed by atoms with van der Waals surface area (Å²) in [5.41, 5.74) is 0.641. The van der Waals surface area contributed by atoms with Crippen molar-refractivity contribution >= 4 is 39.1 Å². The highest BCUT2D eigenvalue weighted by Crippen LogP contribution is 2.39. The Balaban J connectivity index is 2.31. The monoisotopic (exact) mass is 378 g/mol. The van der Waals surface area contributed by atoms with E-state index in [4.69, 9.17) is 9.47 Å². The topological polar surface area (TPSA) is 76.7 Å². The Morgan fingerprint density at radius 1 is 1.15 bits per heavy atom. The standard InChI is InChI=1S/C19H26N2O4S/c1-11(2)9-20-19(23)21-13-6-7-15-14(8-13)16(25-10-12(3)4)17(26-15)18(22)24-5/h6-8,11-12H,9-10H2,1-5H3,(H2,20,21,23). The maximum atomic E-state index is 12.1. The molecule has 0 atom stereocenters. The number of urea groups is 1. The van der Waals surface area contributed by atoms with Crippen molar-refractivity contribution in [3.63, 3.8) is 0 Å². The van der Waals surface area contributed by atoms with E-state index in [1.54, 1.807) is 6.07 Å². The molecule has 0 saturated carbocycles. The number of nitrogens with one attached hydrogen (secondary N) is 2. The van der Waals surface area contributed by atoms with Gasteiger partial charge in [-0.3, -0.25) is 0 Å². The van der Waals surface area contributed by atoms with E-state index in [9.17, 15) is 9.59 Å². The molecule has 2 N–H and O–H groups in total. The summed E-state index contributed by atoms with van der Waals surface area (Å²) in [4.78, 5) is 24.5. The first-order valence-electron chi connectivity index (χ1n) is 8.64. The van der Waals surface area contributed by atoms with Crippen LogP contribution in [0.25, 0.3) is 10.1 Å². The molecule has 2 rings (SSSR count). The molecule has 0 spiro atoms. The molecule has 6 nitrogen and oxygen atoms in total. The number of carbonyl (C=O) groups is 2. The summed E-state index contributed by atoms with van der Waals surface area (Å²) in [7, 11) is 1.35. The second-order valence-electron chi connectivity index (χ2n) is 6.90. The average Bonchev–Trinajstić information content (AvgIpc) is 2.95. The van der Waals surface area contributed by atoms with Crippen LogP contribution in [0.1, 0.15) is 37.4 Å². The number of carbonyl (C=O) groups excluding carboxylic acids is 2. The van der Waals surface area contributed by atoms with E-state index in [0.717, 1.165) is 10.1 Å². The largest absolute Gasteiger partial charge is 0.491 e. The second kappa shape index (κ2) is 8.89. The lowest BCUT2D eigenvalue weighted by atomic mass is 10.2. The molecule has 0 bridgehead atoms. The summed E-state index contributed by atoms with van der Waals surface area (Å²) in [5.74, 6) is 0.781. The molecule has 0 aliphatic carbocycles. The molecule has 26 heavy (non-hydrogen) atoms. The van der Waals surface area contributed by atoms with Gasteiger partial charge in [0.2, 0.25) is 0 Å². The Hall–Kier alpha value is -2.28. The van der Waals surface area contributed by atoms with E-state index in [1.165, 1.54) is 18.4 Å². The molecule has 7 heteroatoms. The Kier molecular flexibility index (Phi) is 6.85. The van der Waals surface area contributed by atoms with Crippen LogP contribution >= 0.6 is 11.3 Å². The Morgan fingerprint density at radius 2 is 1.88 bits per heavy atom. The van der Waals surface area contributed by atoms with Gasteiger partial charge in [-0.2, -0.15) is 0 Å². The van der Waals surface area contributed by atoms with Crippen molar-refractivity contribution in [3.8, 4) is 5.75 Å². The molecule has 0 aliphatic heterocycles. The molecular weight excluding hydrogens is 352 g/mol. The van der Waals surface area contributed by atoms with Crippen LogP contribution in [-0.2, 0) is 4.74 Å². The van der Waals surface area contributed by atoms with Crippen molar-refractivity contribution < 1.29 is 19.1 Å². The van der Waals surface area contributed by atoms with Gasteiger partial charge in [-0.05, 0) is 30.0 Å². The van der Waals surface area contributed by atoms with E-state index in [0.29, 0.717) is 41.3 Å². The zero-order chi connectivity index (χ0) is 19.3. The maximum Gasteiger partial charge on any atom is 0.351 e. The van der Waals surface area contributed by atoms with Crippen LogP contribution in [0.4, 0.5) is 10.5 Å². The third kappa shape index (κ3) is 5.11. The molecule has 2 amide bonds. The Labute approximate surface area is 157 Å². The normalized spacial score (nSPS) is 11.0. The number of methoxy groups -OCH3 is 1. The maximum absolute atomic E-state index is 12.1. The number of hydrogen-bond donors (Lipinski definition) is 2. The minimum absolute atomic E-state index is 0.258. The molecular formula is C19H26N2O4S. The van der Waals surface area contributed by atoms with Crippen molar-refractivity contribution in [2.45, 2.75) is 27.7 Å². The summed E-state index contributed by atoms with van der Waals surface area (Å²) in [6.45, 7) is 9.23. The summed E-state index contributed by atoms with van der Waals surface area (Å²) >= 11 is 1.32. The van der Waals surface area contributed by atoms with Gasteiger partial charge in [0, 0.05) is 22.3 Å². The lowest BCUT2D eigenvalue weighted by molar-refractivity contribution is 0.0601. The highest BCUT2D eigenvalue weighted by molar-refractivity contribution is 7.21. The molecule has 0 aliphatic rings. The molecule has 0 radical (unpaired) electrons. The van der Waals surface area contributed by atoms with E-state index in [-0.39, 0.29) is 6.03 Å². The number of hydrogen-bond acceptors (Lipinski definition) is 5. The van der Waals surface area contributed by atoms with Crippen LogP contribution in [0.3, 0.4) is 0 Å². The zero-order valence-corrected chi connectivity index (χ0v) is 16.7.